The molecule has 2 aromatic rings. The molecule has 0 bridgehead atoms. The number of rotatable bonds is 4. The summed E-state index contributed by atoms with van der Waals surface area (Å²) in [6.45, 7) is 7.60. The van der Waals surface area contributed by atoms with E-state index in [9.17, 15) is 10.1 Å². The maximum absolute atomic E-state index is 12.7. The zero-order chi connectivity index (χ0) is 17.9. The number of halogens is 1. The second-order valence-corrected chi connectivity index (χ2v) is 6.71. The summed E-state index contributed by atoms with van der Waals surface area (Å²) in [5.41, 5.74) is 3.66. The summed E-state index contributed by atoms with van der Waals surface area (Å²) in [7, 11) is 0. The van der Waals surface area contributed by atoms with E-state index in [2.05, 4.69) is 15.6 Å². The van der Waals surface area contributed by atoms with Crippen LogP contribution in [0, 0.1) is 18.3 Å². The summed E-state index contributed by atoms with van der Waals surface area (Å²) in [4.78, 5) is 12.7. The van der Waals surface area contributed by atoms with Crippen molar-refractivity contribution in [3.05, 3.63) is 46.7 Å². The third kappa shape index (κ3) is 4.00. The van der Waals surface area contributed by atoms with Gasteiger partial charge in [-0.05, 0) is 52.0 Å². The van der Waals surface area contributed by atoms with Crippen molar-refractivity contribution in [3.8, 4) is 6.07 Å². The topological polar surface area (TPSA) is 83.1 Å². The monoisotopic (exact) mass is 343 g/mol. The van der Waals surface area contributed by atoms with Gasteiger partial charge in [0, 0.05) is 5.02 Å². The molecule has 7 heteroatoms. The van der Waals surface area contributed by atoms with Gasteiger partial charge in [0.2, 0.25) is 11.5 Å². The number of carbonyl (C=O) groups is 1. The number of aryl methyl sites for hydroxylation is 1. The van der Waals surface area contributed by atoms with E-state index in [0.717, 1.165) is 0 Å². The van der Waals surface area contributed by atoms with Crippen molar-refractivity contribution >= 4 is 28.8 Å². The molecule has 1 aromatic carbocycles. The number of aromatic nitrogens is 2. The molecule has 1 heterocycles. The number of hydrazone groups is 1. The van der Waals surface area contributed by atoms with Gasteiger partial charge in [-0.1, -0.05) is 17.7 Å². The van der Waals surface area contributed by atoms with Crippen LogP contribution in [0.2, 0.25) is 5.02 Å². The fraction of sp³-hybridized carbons (Fsp3) is 0.294. The van der Waals surface area contributed by atoms with Gasteiger partial charge in [-0.25, -0.2) is 0 Å². The van der Waals surface area contributed by atoms with Crippen LogP contribution in [0.15, 0.2) is 35.4 Å². The maximum atomic E-state index is 12.7. The number of Topliss-reactive ketones (excluding diaryl/α,β-unsaturated/α-hetero) is 1. The predicted molar refractivity (Wildman–Crippen MR) is 94.4 cm³/mol. The molecule has 0 saturated heterocycles. The number of nitriles is 1. The lowest BCUT2D eigenvalue weighted by Crippen LogP contribution is -2.29. The third-order valence-electron chi connectivity index (χ3n) is 3.14. The Labute approximate surface area is 145 Å². The van der Waals surface area contributed by atoms with Crippen molar-refractivity contribution in [1.82, 2.24) is 9.78 Å². The molecule has 24 heavy (non-hydrogen) atoms. The smallest absolute Gasteiger partial charge is 0.241 e. The van der Waals surface area contributed by atoms with Crippen LogP contribution >= 0.6 is 11.6 Å². The number of hydrogen-bond acceptors (Lipinski definition) is 5. The van der Waals surface area contributed by atoms with Gasteiger partial charge in [-0.15, -0.1) is 0 Å². The van der Waals surface area contributed by atoms with Gasteiger partial charge >= 0.3 is 0 Å². The molecule has 0 radical (unpaired) electrons. The molecule has 0 aliphatic rings. The van der Waals surface area contributed by atoms with Crippen LogP contribution in [0.25, 0.3) is 0 Å². The maximum Gasteiger partial charge on any atom is 0.241 e. The first-order valence-electron chi connectivity index (χ1n) is 7.33. The molecule has 0 aliphatic carbocycles. The van der Waals surface area contributed by atoms with Crippen LogP contribution in [0.1, 0.15) is 37.0 Å². The molecule has 6 nitrogen and oxygen atoms in total. The van der Waals surface area contributed by atoms with Gasteiger partial charge in [0.15, 0.2) is 0 Å². The number of nitrogens with zero attached hydrogens (tertiary/aromatic N) is 4. The molecule has 0 atom stereocenters. The number of anilines is 1. The van der Waals surface area contributed by atoms with E-state index in [-0.39, 0.29) is 11.3 Å². The Morgan fingerprint density at radius 3 is 2.67 bits per heavy atom. The van der Waals surface area contributed by atoms with Crippen LogP contribution in [0.4, 0.5) is 5.69 Å². The number of benzene rings is 1. The van der Waals surface area contributed by atoms with Crippen LogP contribution in [0.3, 0.4) is 0 Å². The lowest BCUT2D eigenvalue weighted by Gasteiger charge is -2.21. The van der Waals surface area contributed by atoms with Gasteiger partial charge in [0.05, 0.1) is 16.9 Å². The van der Waals surface area contributed by atoms with E-state index < -0.39 is 5.78 Å². The Balaban J connectivity index is 2.33. The molecule has 0 saturated carbocycles. The Hall–Kier alpha value is -2.65. The molecule has 0 fully saturated rings. The van der Waals surface area contributed by atoms with Crippen LogP contribution in [0.5, 0.6) is 0 Å². The predicted octanol–water partition coefficient (Wildman–Crippen LogP) is 3.77. The molecular formula is C17H18ClN5O. The van der Waals surface area contributed by atoms with Crippen LogP contribution in [-0.2, 0) is 5.54 Å². The summed E-state index contributed by atoms with van der Waals surface area (Å²) in [5, 5.41) is 18.1. The molecule has 0 amide bonds. The SMILES string of the molecule is Cc1cc(C(=O)C(C#N)=NNc2cccc(Cl)c2)n(C(C)(C)C)n1. The van der Waals surface area contributed by atoms with Crippen LogP contribution < -0.4 is 5.43 Å². The van der Waals surface area contributed by atoms with Gasteiger partial charge in [0.1, 0.15) is 11.8 Å². The van der Waals surface area contributed by atoms with E-state index in [1.165, 1.54) is 0 Å². The highest BCUT2D eigenvalue weighted by molar-refractivity contribution is 6.51. The molecule has 1 aromatic heterocycles. The Bertz CT molecular complexity index is 839. The minimum absolute atomic E-state index is 0.250. The van der Waals surface area contributed by atoms with Gasteiger partial charge < -0.3 is 0 Å². The third-order valence-corrected chi connectivity index (χ3v) is 3.38. The van der Waals surface area contributed by atoms with Crippen molar-refractivity contribution in [2.45, 2.75) is 33.2 Å². The first kappa shape index (κ1) is 17.7. The minimum atomic E-state index is -0.484. The second kappa shape index (κ2) is 6.85. The molecule has 124 valence electrons. The van der Waals surface area contributed by atoms with Crippen molar-refractivity contribution < 1.29 is 4.79 Å². The summed E-state index contributed by atoms with van der Waals surface area (Å²) in [5.74, 6) is -0.484. The van der Waals surface area contributed by atoms with Gasteiger partial charge in [0.25, 0.3) is 0 Å². The average molecular weight is 344 g/mol. The average Bonchev–Trinajstić information content (AvgIpc) is 2.90. The Kier molecular flexibility index (Phi) is 5.05. The molecule has 0 spiro atoms. The van der Waals surface area contributed by atoms with Crippen molar-refractivity contribution in [1.29, 1.82) is 5.26 Å². The highest BCUT2D eigenvalue weighted by atomic mass is 35.5. The highest BCUT2D eigenvalue weighted by Crippen LogP contribution is 2.19. The summed E-state index contributed by atoms with van der Waals surface area (Å²) in [6, 6.07) is 10.3. The fourth-order valence-corrected chi connectivity index (χ4v) is 2.29. The van der Waals surface area contributed by atoms with Crippen molar-refractivity contribution in [2.75, 3.05) is 5.43 Å². The van der Waals surface area contributed by atoms with E-state index in [4.69, 9.17) is 11.6 Å². The zero-order valence-electron chi connectivity index (χ0n) is 14.0. The normalized spacial score (nSPS) is 11.9. The van der Waals surface area contributed by atoms with Crippen LogP contribution in [-0.4, -0.2) is 21.3 Å². The van der Waals surface area contributed by atoms with E-state index in [1.807, 2.05) is 26.8 Å². The molecule has 2 rings (SSSR count). The van der Waals surface area contributed by atoms with E-state index >= 15 is 0 Å². The molecule has 1 N–H and O–H groups in total. The Morgan fingerprint density at radius 2 is 2.08 bits per heavy atom. The Morgan fingerprint density at radius 1 is 1.38 bits per heavy atom. The summed E-state index contributed by atoms with van der Waals surface area (Å²) in [6.07, 6.45) is 0. The lowest BCUT2D eigenvalue weighted by atomic mass is 10.1. The highest BCUT2D eigenvalue weighted by Gasteiger charge is 2.25. The minimum Gasteiger partial charge on any atom is -0.284 e. The molecular weight excluding hydrogens is 326 g/mol. The first-order valence-corrected chi connectivity index (χ1v) is 7.71. The van der Waals surface area contributed by atoms with Crippen molar-refractivity contribution in [3.63, 3.8) is 0 Å². The number of carbonyl (C=O) groups excluding carboxylic acids is 1. The van der Waals surface area contributed by atoms with E-state index in [1.54, 1.807) is 41.9 Å². The summed E-state index contributed by atoms with van der Waals surface area (Å²) < 4.78 is 1.61. The summed E-state index contributed by atoms with van der Waals surface area (Å²) >= 11 is 5.89. The van der Waals surface area contributed by atoms with E-state index in [0.29, 0.717) is 22.1 Å². The van der Waals surface area contributed by atoms with Gasteiger partial charge in [-0.3, -0.25) is 14.9 Å². The number of nitrogens with one attached hydrogen (secondary N) is 1. The van der Waals surface area contributed by atoms with Gasteiger partial charge in [-0.2, -0.15) is 15.5 Å². The van der Waals surface area contributed by atoms with Crippen molar-refractivity contribution in [2.24, 2.45) is 5.10 Å². The number of ketones is 1. The second-order valence-electron chi connectivity index (χ2n) is 6.28. The fourth-order valence-electron chi connectivity index (χ4n) is 2.10. The quantitative estimate of drug-likeness (QED) is 0.520. The standard InChI is InChI=1S/C17H18ClN5O/c1-11-8-15(23(22-11)17(2,3)4)16(24)14(10-19)21-20-13-7-5-6-12(18)9-13/h5-9,20H,1-4H3. The molecule has 0 unspecified atom stereocenters. The number of hydrogen-bond donors (Lipinski definition) is 1. The molecule has 0 aliphatic heterocycles. The lowest BCUT2D eigenvalue weighted by molar-refractivity contribution is 0.105. The zero-order valence-corrected chi connectivity index (χ0v) is 14.7. The first-order chi connectivity index (χ1) is 11.2. The largest absolute Gasteiger partial charge is 0.284 e.